The topological polar surface area (TPSA) is 89.8 Å². The largest absolute Gasteiger partial charge is 0.456 e. The monoisotopic (exact) mass is 352 g/mol. The highest BCUT2D eigenvalue weighted by Gasteiger charge is 2.27. The van der Waals surface area contributed by atoms with Gasteiger partial charge in [0.05, 0.1) is 13.1 Å². The van der Waals surface area contributed by atoms with Crippen molar-refractivity contribution in [3.05, 3.63) is 42.5 Å². The Morgan fingerprint density at radius 2 is 1.81 bits per heavy atom. The maximum atomic E-state index is 12.4. The third-order valence-corrected chi connectivity index (χ3v) is 5.17. The van der Waals surface area contributed by atoms with Crippen molar-refractivity contribution in [2.24, 2.45) is 11.7 Å². The molecular formula is C20H22N3O3+. The van der Waals surface area contributed by atoms with E-state index in [0.717, 1.165) is 53.6 Å². The van der Waals surface area contributed by atoms with Crippen LogP contribution in [0.1, 0.15) is 12.8 Å². The Labute approximate surface area is 150 Å². The number of hydrogen-bond acceptors (Lipinski definition) is 3. The number of likely N-dealkylation sites (tertiary alicyclic amines) is 1. The second-order valence-electron chi connectivity index (χ2n) is 6.96. The minimum absolute atomic E-state index is 0.0234. The van der Waals surface area contributed by atoms with E-state index in [-0.39, 0.29) is 17.7 Å². The number of nitrogens with two attached hydrogens (primary N) is 1. The number of anilines is 1. The Hall–Kier alpha value is -2.86. The fourth-order valence-corrected chi connectivity index (χ4v) is 3.72. The molecule has 6 heteroatoms. The van der Waals surface area contributed by atoms with Gasteiger partial charge in [0, 0.05) is 35.2 Å². The highest BCUT2D eigenvalue weighted by atomic mass is 16.3. The maximum Gasteiger partial charge on any atom is 0.279 e. The van der Waals surface area contributed by atoms with Crippen LogP contribution in [0.25, 0.3) is 21.9 Å². The minimum Gasteiger partial charge on any atom is -0.456 e. The average molecular weight is 352 g/mol. The van der Waals surface area contributed by atoms with Gasteiger partial charge in [0.25, 0.3) is 5.91 Å². The summed E-state index contributed by atoms with van der Waals surface area (Å²) in [7, 11) is 0. The number of piperidine rings is 1. The standard InChI is InChI=1S/C20H21N3O3/c21-20(25)13-7-9-23(10-8-13)12-19(24)22-14-5-6-18-16(11-14)15-3-1-2-4-17(15)26-18/h1-6,11,13H,7-10,12H2,(H2,21,25)(H,22,24)/p+1. The normalized spacial score (nSPS) is 20.3. The molecule has 0 spiro atoms. The summed E-state index contributed by atoms with van der Waals surface area (Å²) < 4.78 is 5.81. The Morgan fingerprint density at radius 3 is 2.58 bits per heavy atom. The molecule has 1 saturated heterocycles. The molecule has 4 rings (SSSR count). The van der Waals surface area contributed by atoms with Crippen LogP contribution in [0.4, 0.5) is 5.69 Å². The van der Waals surface area contributed by atoms with Gasteiger partial charge >= 0.3 is 0 Å². The first kappa shape index (κ1) is 16.6. The molecule has 1 aliphatic heterocycles. The zero-order valence-corrected chi connectivity index (χ0v) is 14.5. The maximum absolute atomic E-state index is 12.4. The van der Waals surface area contributed by atoms with E-state index in [1.807, 2.05) is 42.5 Å². The molecule has 2 heterocycles. The van der Waals surface area contributed by atoms with E-state index in [2.05, 4.69) is 5.32 Å². The molecule has 2 aromatic carbocycles. The summed E-state index contributed by atoms with van der Waals surface area (Å²) in [5, 5.41) is 5.01. The van der Waals surface area contributed by atoms with Crippen LogP contribution in [-0.2, 0) is 9.59 Å². The van der Waals surface area contributed by atoms with Gasteiger partial charge in [-0.2, -0.15) is 0 Å². The number of hydrogen-bond donors (Lipinski definition) is 3. The first-order valence-corrected chi connectivity index (χ1v) is 8.94. The van der Waals surface area contributed by atoms with E-state index in [1.54, 1.807) is 0 Å². The van der Waals surface area contributed by atoms with E-state index in [1.165, 1.54) is 4.90 Å². The second-order valence-corrected chi connectivity index (χ2v) is 6.96. The molecule has 1 fully saturated rings. The Balaban J connectivity index is 1.43. The van der Waals surface area contributed by atoms with Crippen LogP contribution in [0.2, 0.25) is 0 Å². The molecule has 6 nitrogen and oxygen atoms in total. The lowest BCUT2D eigenvalue weighted by molar-refractivity contribution is -0.897. The first-order valence-electron chi connectivity index (χ1n) is 8.94. The molecule has 4 N–H and O–H groups in total. The zero-order chi connectivity index (χ0) is 18.1. The molecule has 1 aromatic heterocycles. The fraction of sp³-hybridized carbons (Fsp3) is 0.300. The number of carbonyl (C=O) groups is 2. The summed E-state index contributed by atoms with van der Waals surface area (Å²) >= 11 is 0. The van der Waals surface area contributed by atoms with Gasteiger partial charge in [-0.1, -0.05) is 18.2 Å². The fourth-order valence-electron chi connectivity index (χ4n) is 3.72. The summed E-state index contributed by atoms with van der Waals surface area (Å²) in [6.45, 7) is 1.99. The summed E-state index contributed by atoms with van der Waals surface area (Å²) in [5.41, 5.74) is 7.77. The summed E-state index contributed by atoms with van der Waals surface area (Å²) in [6.07, 6.45) is 1.51. The van der Waals surface area contributed by atoms with Crippen LogP contribution in [0.5, 0.6) is 0 Å². The predicted octanol–water partition coefficient (Wildman–Crippen LogP) is 1.30. The minimum atomic E-state index is -0.228. The number of para-hydroxylation sites is 1. The summed E-state index contributed by atoms with van der Waals surface area (Å²) in [5.74, 6) is -0.294. The number of primary amides is 1. The average Bonchev–Trinajstić information content (AvgIpc) is 3.00. The molecule has 0 aliphatic carbocycles. The molecule has 0 saturated carbocycles. The van der Waals surface area contributed by atoms with Gasteiger partial charge in [-0.15, -0.1) is 0 Å². The van der Waals surface area contributed by atoms with Crippen molar-refractivity contribution in [2.45, 2.75) is 12.8 Å². The Kier molecular flexibility index (Phi) is 4.34. The van der Waals surface area contributed by atoms with Crippen LogP contribution in [-0.4, -0.2) is 31.4 Å². The number of fused-ring (bicyclic) bond motifs is 3. The van der Waals surface area contributed by atoms with Gasteiger partial charge in [-0.25, -0.2) is 0 Å². The van der Waals surface area contributed by atoms with Crippen molar-refractivity contribution in [1.82, 2.24) is 0 Å². The lowest BCUT2D eigenvalue weighted by Crippen LogP contribution is -3.14. The van der Waals surface area contributed by atoms with Crippen LogP contribution in [0.3, 0.4) is 0 Å². The Bertz CT molecular complexity index is 971. The van der Waals surface area contributed by atoms with Crippen molar-refractivity contribution < 1.29 is 18.9 Å². The van der Waals surface area contributed by atoms with Crippen LogP contribution < -0.4 is 16.0 Å². The number of carbonyl (C=O) groups excluding carboxylic acids is 2. The van der Waals surface area contributed by atoms with Crippen LogP contribution >= 0.6 is 0 Å². The molecule has 2 amide bonds. The molecule has 3 aromatic rings. The van der Waals surface area contributed by atoms with Crippen molar-refractivity contribution in [3.63, 3.8) is 0 Å². The van der Waals surface area contributed by atoms with Crippen molar-refractivity contribution in [2.75, 3.05) is 25.0 Å². The lowest BCUT2D eigenvalue weighted by Gasteiger charge is -2.27. The first-order chi connectivity index (χ1) is 12.6. The molecule has 0 bridgehead atoms. The molecule has 1 aliphatic rings. The molecule has 0 radical (unpaired) electrons. The zero-order valence-electron chi connectivity index (χ0n) is 14.5. The van der Waals surface area contributed by atoms with E-state index in [4.69, 9.17) is 10.2 Å². The van der Waals surface area contributed by atoms with Gasteiger partial charge in [-0.05, 0) is 24.3 Å². The Morgan fingerprint density at radius 1 is 1.08 bits per heavy atom. The number of nitrogens with one attached hydrogen (secondary N) is 2. The van der Waals surface area contributed by atoms with Gasteiger partial charge in [-0.3, -0.25) is 9.59 Å². The van der Waals surface area contributed by atoms with Gasteiger partial charge in [0.15, 0.2) is 6.54 Å². The second kappa shape index (κ2) is 6.80. The third kappa shape index (κ3) is 3.28. The predicted molar refractivity (Wildman–Crippen MR) is 99.8 cm³/mol. The van der Waals surface area contributed by atoms with Crippen LogP contribution in [0, 0.1) is 5.92 Å². The van der Waals surface area contributed by atoms with E-state index in [0.29, 0.717) is 6.54 Å². The summed E-state index contributed by atoms with van der Waals surface area (Å²) in [4.78, 5) is 24.8. The molecule has 0 unspecified atom stereocenters. The molecule has 0 atom stereocenters. The SMILES string of the molecule is NC(=O)C1CC[NH+](CC(=O)Nc2ccc3oc4ccccc4c3c2)CC1. The van der Waals surface area contributed by atoms with E-state index in [9.17, 15) is 9.59 Å². The summed E-state index contributed by atoms with van der Waals surface area (Å²) in [6, 6.07) is 13.6. The number of rotatable bonds is 4. The van der Waals surface area contributed by atoms with Crippen molar-refractivity contribution in [3.8, 4) is 0 Å². The molecule has 26 heavy (non-hydrogen) atoms. The highest BCUT2D eigenvalue weighted by Crippen LogP contribution is 2.30. The van der Waals surface area contributed by atoms with Gasteiger partial charge in [0.1, 0.15) is 11.2 Å². The molecule has 134 valence electrons. The van der Waals surface area contributed by atoms with Crippen molar-refractivity contribution >= 4 is 39.4 Å². The van der Waals surface area contributed by atoms with Gasteiger partial charge in [0.2, 0.25) is 5.91 Å². The molecular weight excluding hydrogens is 330 g/mol. The number of amides is 2. The van der Waals surface area contributed by atoms with Crippen LogP contribution in [0.15, 0.2) is 46.9 Å². The van der Waals surface area contributed by atoms with E-state index < -0.39 is 0 Å². The number of quaternary nitrogens is 1. The van der Waals surface area contributed by atoms with Crippen molar-refractivity contribution in [1.29, 1.82) is 0 Å². The van der Waals surface area contributed by atoms with E-state index >= 15 is 0 Å². The highest BCUT2D eigenvalue weighted by molar-refractivity contribution is 6.06. The smallest absolute Gasteiger partial charge is 0.279 e. The quantitative estimate of drug-likeness (QED) is 0.661. The number of benzene rings is 2. The van der Waals surface area contributed by atoms with Gasteiger partial charge < -0.3 is 20.4 Å². The number of furan rings is 1. The third-order valence-electron chi connectivity index (χ3n) is 5.17. The lowest BCUT2D eigenvalue weighted by atomic mass is 9.96.